The van der Waals surface area contributed by atoms with Crippen molar-refractivity contribution in [3.63, 3.8) is 0 Å². The summed E-state index contributed by atoms with van der Waals surface area (Å²) in [4.78, 5) is 41.3. The molecule has 3 rings (SSSR count). The van der Waals surface area contributed by atoms with Crippen molar-refractivity contribution in [1.82, 2.24) is 9.88 Å². The van der Waals surface area contributed by atoms with Gasteiger partial charge in [-0.2, -0.15) is 0 Å². The number of carbonyl (C=O) groups excluding carboxylic acids is 2. The number of Topliss-reactive ketones (excluding diaryl/α,β-unsaturated/α-hetero) is 1. The molecule has 0 aliphatic rings. The molecule has 1 unspecified atom stereocenters. The van der Waals surface area contributed by atoms with Gasteiger partial charge in [-0.25, -0.2) is 4.79 Å². The molecule has 1 heterocycles. The highest BCUT2D eigenvalue weighted by molar-refractivity contribution is 6.88. The molecule has 32 heavy (non-hydrogen) atoms. The van der Waals surface area contributed by atoms with E-state index in [1.54, 1.807) is 31.4 Å². The van der Waals surface area contributed by atoms with Crippen LogP contribution in [0.5, 0.6) is 5.75 Å². The number of aromatic amines is 1. The zero-order valence-corrected chi connectivity index (χ0v) is 20.0. The zero-order chi connectivity index (χ0) is 23.5. The van der Waals surface area contributed by atoms with E-state index in [-0.39, 0.29) is 18.0 Å². The van der Waals surface area contributed by atoms with Crippen LogP contribution in [0.3, 0.4) is 0 Å². The molecule has 0 fully saturated rings. The molecular formula is C24H28N2O5Si. The first-order valence-corrected chi connectivity index (χ1v) is 13.8. The second-order valence-electron chi connectivity index (χ2n) is 8.72. The van der Waals surface area contributed by atoms with Gasteiger partial charge in [-0.1, -0.05) is 61.2 Å². The van der Waals surface area contributed by atoms with Crippen molar-refractivity contribution in [2.45, 2.75) is 32.1 Å². The summed E-state index contributed by atoms with van der Waals surface area (Å²) in [6.45, 7) is 6.81. The minimum absolute atomic E-state index is 0.148. The number of ether oxygens (including phenoxy) is 1. The lowest BCUT2D eigenvalue weighted by Crippen LogP contribution is -2.38. The number of aromatic nitrogens is 1. The van der Waals surface area contributed by atoms with Gasteiger partial charge in [0, 0.05) is 13.5 Å². The van der Waals surface area contributed by atoms with Crippen LogP contribution in [0.4, 0.5) is 0 Å². The lowest BCUT2D eigenvalue weighted by Gasteiger charge is -2.27. The third kappa shape index (κ3) is 5.26. The SMILES string of the molecule is COc1ccc(C(C(=O)Cc2ccc([Si](C)(C)C)cc2)N(C)C(=O)c2c[nH]c(=O)o2)cc1. The highest BCUT2D eigenvalue weighted by atomic mass is 28.3. The Labute approximate surface area is 188 Å². The summed E-state index contributed by atoms with van der Waals surface area (Å²) in [6, 6.07) is 14.3. The molecule has 0 aliphatic heterocycles. The van der Waals surface area contributed by atoms with Crippen LogP contribution in [0.2, 0.25) is 19.6 Å². The molecule has 0 aliphatic carbocycles. The maximum Gasteiger partial charge on any atom is 0.416 e. The number of rotatable bonds is 8. The number of hydrogen-bond acceptors (Lipinski definition) is 5. The first kappa shape index (κ1) is 23.3. The fraction of sp³-hybridized carbons (Fsp3) is 0.292. The molecule has 0 radical (unpaired) electrons. The molecule has 0 bridgehead atoms. The van der Waals surface area contributed by atoms with Crippen LogP contribution in [-0.4, -0.2) is 43.8 Å². The Morgan fingerprint density at radius 3 is 2.19 bits per heavy atom. The van der Waals surface area contributed by atoms with Crippen LogP contribution >= 0.6 is 0 Å². The van der Waals surface area contributed by atoms with Gasteiger partial charge in [0.1, 0.15) is 11.8 Å². The monoisotopic (exact) mass is 452 g/mol. The van der Waals surface area contributed by atoms with E-state index in [2.05, 4.69) is 36.8 Å². The van der Waals surface area contributed by atoms with Gasteiger partial charge in [0.05, 0.1) is 21.4 Å². The van der Waals surface area contributed by atoms with Crippen LogP contribution in [0.15, 0.2) is 63.9 Å². The number of oxazole rings is 1. The topological polar surface area (TPSA) is 92.6 Å². The Morgan fingerprint density at radius 2 is 1.69 bits per heavy atom. The molecular weight excluding hydrogens is 424 g/mol. The number of H-pyrrole nitrogens is 1. The Hall–Kier alpha value is -3.39. The maximum atomic E-state index is 13.4. The lowest BCUT2D eigenvalue weighted by molar-refractivity contribution is -0.122. The van der Waals surface area contributed by atoms with Crippen molar-refractivity contribution in [2.75, 3.05) is 14.2 Å². The molecule has 7 nitrogen and oxygen atoms in total. The average Bonchev–Trinajstić information content (AvgIpc) is 3.19. The van der Waals surface area contributed by atoms with Crippen molar-refractivity contribution in [2.24, 2.45) is 0 Å². The summed E-state index contributed by atoms with van der Waals surface area (Å²) in [6.07, 6.45) is 1.36. The van der Waals surface area contributed by atoms with E-state index in [1.807, 2.05) is 12.1 Å². The van der Waals surface area contributed by atoms with Gasteiger partial charge in [-0.05, 0) is 23.3 Å². The number of hydrogen-bond donors (Lipinski definition) is 1. The van der Waals surface area contributed by atoms with E-state index < -0.39 is 25.8 Å². The van der Waals surface area contributed by atoms with Crippen LogP contribution in [-0.2, 0) is 11.2 Å². The van der Waals surface area contributed by atoms with Crippen molar-refractivity contribution in [1.29, 1.82) is 0 Å². The van der Waals surface area contributed by atoms with E-state index in [1.165, 1.54) is 23.3 Å². The van der Waals surface area contributed by atoms with Gasteiger partial charge < -0.3 is 14.1 Å². The Morgan fingerprint density at radius 1 is 1.06 bits per heavy atom. The summed E-state index contributed by atoms with van der Waals surface area (Å²) in [7, 11) is 1.65. The first-order valence-electron chi connectivity index (χ1n) is 10.3. The molecule has 8 heteroatoms. The summed E-state index contributed by atoms with van der Waals surface area (Å²) in [5, 5.41) is 1.31. The maximum absolute atomic E-state index is 13.4. The van der Waals surface area contributed by atoms with Gasteiger partial charge in [0.15, 0.2) is 5.78 Å². The Bertz CT molecular complexity index is 1140. The number of benzene rings is 2. The van der Waals surface area contributed by atoms with Crippen LogP contribution in [0.1, 0.15) is 27.7 Å². The summed E-state index contributed by atoms with van der Waals surface area (Å²) in [5.41, 5.74) is 1.52. The molecule has 168 valence electrons. The quantitative estimate of drug-likeness (QED) is 0.530. The molecule has 0 saturated carbocycles. The van der Waals surface area contributed by atoms with Crippen molar-refractivity contribution in [3.05, 3.63) is 82.2 Å². The molecule has 1 amide bonds. The Kier molecular flexibility index (Phi) is 6.83. The number of methoxy groups -OCH3 is 1. The number of amides is 1. The molecule has 1 N–H and O–H groups in total. The fourth-order valence-corrected chi connectivity index (χ4v) is 4.68. The zero-order valence-electron chi connectivity index (χ0n) is 19.0. The third-order valence-corrected chi connectivity index (χ3v) is 7.44. The normalized spacial score (nSPS) is 12.3. The number of nitrogens with one attached hydrogen (secondary N) is 1. The first-order chi connectivity index (χ1) is 15.1. The van der Waals surface area contributed by atoms with Crippen LogP contribution in [0, 0.1) is 0 Å². The number of likely N-dealkylation sites (N-methyl/N-ethyl adjacent to an activating group) is 1. The Balaban J connectivity index is 1.91. The van der Waals surface area contributed by atoms with Crippen molar-refractivity contribution in [3.8, 4) is 5.75 Å². The van der Waals surface area contributed by atoms with Gasteiger partial charge in [0.25, 0.3) is 5.91 Å². The van der Waals surface area contributed by atoms with Crippen molar-refractivity contribution < 1.29 is 18.7 Å². The number of nitrogens with zero attached hydrogens (tertiary/aromatic N) is 1. The molecule has 2 aromatic carbocycles. The van der Waals surface area contributed by atoms with Crippen LogP contribution in [0.25, 0.3) is 0 Å². The second-order valence-corrected chi connectivity index (χ2v) is 13.8. The number of ketones is 1. The predicted molar refractivity (Wildman–Crippen MR) is 125 cm³/mol. The van der Waals surface area contributed by atoms with Gasteiger partial charge in [0.2, 0.25) is 5.76 Å². The average molecular weight is 453 g/mol. The molecule has 0 spiro atoms. The van der Waals surface area contributed by atoms with Gasteiger partial charge >= 0.3 is 5.76 Å². The van der Waals surface area contributed by atoms with Crippen LogP contribution < -0.4 is 15.7 Å². The predicted octanol–water partition coefficient (Wildman–Crippen LogP) is 3.15. The minimum atomic E-state index is -1.44. The summed E-state index contributed by atoms with van der Waals surface area (Å²) in [5.74, 6) is -0.941. The minimum Gasteiger partial charge on any atom is -0.497 e. The van der Waals surface area contributed by atoms with Crippen molar-refractivity contribution >= 4 is 25.0 Å². The molecule has 1 aromatic heterocycles. The molecule has 1 atom stereocenters. The molecule has 0 saturated heterocycles. The van der Waals surface area contributed by atoms with E-state index in [0.29, 0.717) is 11.3 Å². The largest absolute Gasteiger partial charge is 0.497 e. The standard InChI is InChI=1S/C24H28N2O5Si/c1-26(23(28)21-15-25-24(29)31-21)22(17-8-10-18(30-2)11-9-17)20(27)14-16-6-12-19(13-7-16)32(3,4)5/h6-13,15,22H,14H2,1-5H3,(H,25,29). The number of carbonyl (C=O) groups is 2. The smallest absolute Gasteiger partial charge is 0.416 e. The lowest BCUT2D eigenvalue weighted by atomic mass is 9.96. The van der Waals surface area contributed by atoms with E-state index in [0.717, 1.165) is 5.56 Å². The summed E-state index contributed by atoms with van der Waals surface area (Å²) >= 11 is 0. The van der Waals surface area contributed by atoms with E-state index in [9.17, 15) is 14.4 Å². The molecule has 3 aromatic rings. The highest BCUT2D eigenvalue weighted by Gasteiger charge is 2.31. The van der Waals surface area contributed by atoms with Gasteiger partial charge in [-0.15, -0.1) is 0 Å². The third-order valence-electron chi connectivity index (χ3n) is 5.38. The second kappa shape index (κ2) is 9.40. The summed E-state index contributed by atoms with van der Waals surface area (Å²) < 4.78 is 10.1. The highest BCUT2D eigenvalue weighted by Crippen LogP contribution is 2.26. The van der Waals surface area contributed by atoms with E-state index in [4.69, 9.17) is 9.15 Å². The van der Waals surface area contributed by atoms with Gasteiger partial charge in [-0.3, -0.25) is 14.6 Å². The fourth-order valence-electron chi connectivity index (χ4n) is 3.51. The van der Waals surface area contributed by atoms with E-state index >= 15 is 0 Å².